The summed E-state index contributed by atoms with van der Waals surface area (Å²) in [4.78, 5) is 7.72. The van der Waals surface area contributed by atoms with Crippen LogP contribution >= 0.6 is 0 Å². The van der Waals surface area contributed by atoms with Gasteiger partial charge in [0.15, 0.2) is 0 Å². The molecule has 4 heteroatoms. The summed E-state index contributed by atoms with van der Waals surface area (Å²) in [5, 5.41) is 3.43. The first-order chi connectivity index (χ1) is 13.5. The van der Waals surface area contributed by atoms with Gasteiger partial charge in [-0.2, -0.15) is 0 Å². The average molecular weight is 395 g/mol. The molecule has 0 fully saturated rings. The third kappa shape index (κ3) is 15.3. The number of hydrogen-bond donors (Lipinski definition) is 1. The minimum Gasteiger partial charge on any atom is -0.316 e. The van der Waals surface area contributed by atoms with Crippen LogP contribution in [0.4, 0.5) is 0 Å². The molecule has 0 aromatic heterocycles. The van der Waals surface area contributed by atoms with Crippen LogP contribution in [0.3, 0.4) is 0 Å². The van der Waals surface area contributed by atoms with Crippen LogP contribution in [-0.4, -0.2) is 86.7 Å². The van der Waals surface area contributed by atoms with Gasteiger partial charge < -0.3 is 15.1 Å². The van der Waals surface area contributed by atoms with Crippen molar-refractivity contribution < 1.29 is 0 Å². The van der Waals surface area contributed by atoms with Gasteiger partial charge in [0.2, 0.25) is 0 Å². The second-order valence-electron chi connectivity index (χ2n) is 7.99. The molecule has 0 aromatic carbocycles. The van der Waals surface area contributed by atoms with Crippen LogP contribution in [0.2, 0.25) is 0 Å². The quantitative estimate of drug-likeness (QED) is 0.277. The normalized spacial score (nSPS) is 12.4. The molecule has 0 radical (unpaired) electrons. The number of hydrogen-bond acceptors (Lipinski definition) is 4. The van der Waals surface area contributed by atoms with Gasteiger partial charge in [0.05, 0.1) is 0 Å². The molecule has 0 rings (SSSR count). The van der Waals surface area contributed by atoms with Crippen molar-refractivity contribution in [3.63, 3.8) is 0 Å². The predicted octanol–water partition coefficient (Wildman–Crippen LogP) is 4.25. The zero-order valence-corrected chi connectivity index (χ0v) is 20.2. The molecule has 0 saturated carbocycles. The fourth-order valence-electron chi connectivity index (χ4n) is 3.19. The molecule has 0 aromatic rings. The Bertz CT molecular complexity index is 413. The van der Waals surface area contributed by atoms with Crippen LogP contribution in [0.15, 0.2) is 23.3 Å². The number of rotatable bonds is 18. The van der Waals surface area contributed by atoms with Gasteiger partial charge in [0.1, 0.15) is 0 Å². The Balaban J connectivity index is 4.25. The summed E-state index contributed by atoms with van der Waals surface area (Å²) in [6.45, 7) is 28.1. The minimum atomic E-state index is 1.06. The van der Waals surface area contributed by atoms with Gasteiger partial charge in [-0.3, -0.25) is 4.90 Å². The lowest BCUT2D eigenvalue weighted by Gasteiger charge is -2.28. The molecule has 0 amide bonds. The first-order valence-corrected chi connectivity index (χ1v) is 11.6. The largest absolute Gasteiger partial charge is 0.316 e. The van der Waals surface area contributed by atoms with E-state index in [1.807, 2.05) is 0 Å². The fraction of sp³-hybridized carbons (Fsp3) is 0.833. The standard InChI is InChI=1S/C24H50N4/c1-8-25-16-18-27(10-3)20-22-28(11-4)21-19-26(9-2)17-15-24(7)14-12-13-23(5)6/h13,15,25H,8-12,14,16-22H2,1-7H3/b24-15+. The third-order valence-corrected chi connectivity index (χ3v) is 5.45. The summed E-state index contributed by atoms with van der Waals surface area (Å²) in [5.74, 6) is 0. The summed E-state index contributed by atoms with van der Waals surface area (Å²) in [6, 6.07) is 0. The van der Waals surface area contributed by atoms with E-state index in [1.54, 1.807) is 0 Å². The van der Waals surface area contributed by atoms with E-state index < -0.39 is 0 Å². The van der Waals surface area contributed by atoms with E-state index in [1.165, 1.54) is 43.6 Å². The van der Waals surface area contributed by atoms with Gasteiger partial charge in [0, 0.05) is 45.8 Å². The van der Waals surface area contributed by atoms with Crippen molar-refractivity contribution in [2.45, 2.75) is 61.3 Å². The molecular formula is C24H50N4. The van der Waals surface area contributed by atoms with E-state index >= 15 is 0 Å². The van der Waals surface area contributed by atoms with Crippen molar-refractivity contribution in [3.8, 4) is 0 Å². The molecule has 166 valence electrons. The topological polar surface area (TPSA) is 21.8 Å². The molecule has 4 nitrogen and oxygen atoms in total. The van der Waals surface area contributed by atoms with Crippen LogP contribution in [0.5, 0.6) is 0 Å². The first kappa shape index (κ1) is 27.3. The van der Waals surface area contributed by atoms with E-state index in [2.05, 4.69) is 80.6 Å². The highest BCUT2D eigenvalue weighted by Crippen LogP contribution is 2.07. The molecule has 0 bridgehead atoms. The maximum atomic E-state index is 3.43. The Hall–Kier alpha value is -0.680. The highest BCUT2D eigenvalue weighted by atomic mass is 15.2. The zero-order chi connectivity index (χ0) is 21.2. The maximum absolute atomic E-state index is 3.43. The molecule has 1 N–H and O–H groups in total. The maximum Gasteiger partial charge on any atom is 0.0166 e. The monoisotopic (exact) mass is 394 g/mol. The SMILES string of the molecule is CCNCCN(CC)CCN(CC)CCN(CC)C/C=C(\C)CCC=C(C)C. The van der Waals surface area contributed by atoms with E-state index in [9.17, 15) is 0 Å². The molecule has 28 heavy (non-hydrogen) atoms. The molecule has 0 aliphatic rings. The first-order valence-electron chi connectivity index (χ1n) is 11.6. The summed E-state index contributed by atoms with van der Waals surface area (Å²) in [7, 11) is 0. The summed E-state index contributed by atoms with van der Waals surface area (Å²) in [5.41, 5.74) is 2.94. The van der Waals surface area contributed by atoms with Crippen LogP contribution in [0.25, 0.3) is 0 Å². The van der Waals surface area contributed by atoms with Crippen LogP contribution in [0, 0.1) is 0 Å². The van der Waals surface area contributed by atoms with E-state index in [-0.39, 0.29) is 0 Å². The minimum absolute atomic E-state index is 1.06. The van der Waals surface area contributed by atoms with Crippen molar-refractivity contribution in [2.24, 2.45) is 0 Å². The molecule has 0 aliphatic carbocycles. The second-order valence-corrected chi connectivity index (χ2v) is 7.99. The van der Waals surface area contributed by atoms with Gasteiger partial charge in [-0.05, 0) is 59.8 Å². The van der Waals surface area contributed by atoms with Gasteiger partial charge in [-0.25, -0.2) is 0 Å². The Kier molecular flexibility index (Phi) is 17.9. The van der Waals surface area contributed by atoms with E-state index in [4.69, 9.17) is 0 Å². The smallest absolute Gasteiger partial charge is 0.0166 e. The van der Waals surface area contributed by atoms with Crippen LogP contribution < -0.4 is 5.32 Å². The number of nitrogens with zero attached hydrogens (tertiary/aromatic N) is 3. The van der Waals surface area contributed by atoms with Crippen molar-refractivity contribution >= 4 is 0 Å². The van der Waals surface area contributed by atoms with Gasteiger partial charge in [-0.15, -0.1) is 0 Å². The predicted molar refractivity (Wildman–Crippen MR) is 127 cm³/mol. The van der Waals surface area contributed by atoms with E-state index in [0.29, 0.717) is 0 Å². The van der Waals surface area contributed by atoms with E-state index in [0.717, 1.165) is 52.4 Å². The lowest BCUT2D eigenvalue weighted by atomic mass is 10.1. The molecule has 0 spiro atoms. The number of likely N-dealkylation sites (N-methyl/N-ethyl adjacent to an activating group) is 4. The highest BCUT2D eigenvalue weighted by Gasteiger charge is 2.08. The van der Waals surface area contributed by atoms with Gasteiger partial charge >= 0.3 is 0 Å². The highest BCUT2D eigenvalue weighted by molar-refractivity contribution is 5.03. The Morgan fingerprint density at radius 3 is 1.75 bits per heavy atom. The number of nitrogens with one attached hydrogen (secondary N) is 1. The summed E-state index contributed by atoms with van der Waals surface area (Å²) < 4.78 is 0. The molecule has 0 aliphatic heterocycles. The second kappa shape index (κ2) is 18.4. The Morgan fingerprint density at radius 2 is 1.25 bits per heavy atom. The summed E-state index contributed by atoms with van der Waals surface area (Å²) >= 11 is 0. The Labute approximate surface area is 177 Å². The molecule has 0 atom stereocenters. The van der Waals surface area contributed by atoms with Crippen molar-refractivity contribution in [1.82, 2.24) is 20.0 Å². The van der Waals surface area contributed by atoms with Crippen molar-refractivity contribution in [2.75, 3.05) is 72.0 Å². The average Bonchev–Trinajstić information content (AvgIpc) is 2.68. The molecule has 0 saturated heterocycles. The number of allylic oxidation sites excluding steroid dienone is 3. The third-order valence-electron chi connectivity index (χ3n) is 5.45. The Morgan fingerprint density at radius 1 is 0.714 bits per heavy atom. The lowest BCUT2D eigenvalue weighted by molar-refractivity contribution is 0.191. The van der Waals surface area contributed by atoms with Crippen LogP contribution in [0.1, 0.15) is 61.3 Å². The molecule has 0 unspecified atom stereocenters. The van der Waals surface area contributed by atoms with Crippen molar-refractivity contribution in [3.05, 3.63) is 23.3 Å². The lowest BCUT2D eigenvalue weighted by Crippen LogP contribution is -2.41. The van der Waals surface area contributed by atoms with Gasteiger partial charge in [0.25, 0.3) is 0 Å². The van der Waals surface area contributed by atoms with Gasteiger partial charge in [-0.1, -0.05) is 51.0 Å². The van der Waals surface area contributed by atoms with Crippen molar-refractivity contribution in [1.29, 1.82) is 0 Å². The fourth-order valence-corrected chi connectivity index (χ4v) is 3.19. The molecular weight excluding hydrogens is 344 g/mol. The summed E-state index contributed by atoms with van der Waals surface area (Å²) in [6.07, 6.45) is 7.12. The zero-order valence-electron chi connectivity index (χ0n) is 20.2. The van der Waals surface area contributed by atoms with Crippen LogP contribution in [-0.2, 0) is 0 Å². The molecule has 0 heterocycles.